The van der Waals surface area contributed by atoms with Crippen molar-refractivity contribution < 1.29 is 14.7 Å². The Bertz CT molecular complexity index is 897. The van der Waals surface area contributed by atoms with E-state index in [2.05, 4.69) is 11.8 Å². The number of fused-ring (bicyclic) bond motifs is 4. The third-order valence-corrected chi connectivity index (χ3v) is 10.9. The molecule has 3 fully saturated rings. The molecule has 0 radical (unpaired) electrons. The van der Waals surface area contributed by atoms with E-state index in [1.165, 1.54) is 82.6 Å². The van der Waals surface area contributed by atoms with Crippen molar-refractivity contribution in [3.05, 3.63) is 22.8 Å². The van der Waals surface area contributed by atoms with Crippen LogP contribution in [0.25, 0.3) is 0 Å². The number of rotatable bonds is 11. The second-order valence-corrected chi connectivity index (χ2v) is 13.3. The molecule has 0 aromatic carbocycles. The third-order valence-electron chi connectivity index (χ3n) is 10.9. The van der Waals surface area contributed by atoms with Crippen LogP contribution >= 0.6 is 0 Å². The Morgan fingerprint density at radius 1 is 0.946 bits per heavy atom. The Kier molecular flexibility index (Phi) is 8.94. The van der Waals surface area contributed by atoms with Crippen LogP contribution in [0.4, 0.5) is 0 Å². The summed E-state index contributed by atoms with van der Waals surface area (Å²) >= 11 is 0. The van der Waals surface area contributed by atoms with Crippen molar-refractivity contribution in [2.24, 2.45) is 23.2 Å². The van der Waals surface area contributed by atoms with E-state index in [0.717, 1.165) is 51.6 Å². The van der Waals surface area contributed by atoms with E-state index in [-0.39, 0.29) is 11.5 Å². The lowest BCUT2D eigenvalue weighted by Gasteiger charge is -2.52. The molecule has 5 aliphatic rings. The molecule has 1 amide bonds. The predicted molar refractivity (Wildman–Crippen MR) is 149 cm³/mol. The number of aliphatic hydroxyl groups excluding tert-OH is 1. The molecular formula is C33H51NO3. The Balaban J connectivity index is 1.07. The van der Waals surface area contributed by atoms with Crippen LogP contribution in [-0.2, 0) is 9.59 Å². The second kappa shape index (κ2) is 12.2. The van der Waals surface area contributed by atoms with Gasteiger partial charge >= 0.3 is 0 Å². The maximum atomic E-state index is 12.2. The van der Waals surface area contributed by atoms with E-state index in [1.807, 2.05) is 6.08 Å². The van der Waals surface area contributed by atoms with Crippen molar-refractivity contribution in [3.63, 3.8) is 0 Å². The van der Waals surface area contributed by atoms with Gasteiger partial charge in [0.1, 0.15) is 0 Å². The van der Waals surface area contributed by atoms with Gasteiger partial charge in [-0.15, -0.1) is 0 Å². The normalized spacial score (nSPS) is 33.3. The molecule has 5 atom stereocenters. The zero-order chi connectivity index (χ0) is 25.8. The largest absolute Gasteiger partial charge is 0.393 e. The lowest BCUT2D eigenvalue weighted by molar-refractivity contribution is -0.130. The number of hydrogen-bond donors (Lipinski definition) is 1. The molecule has 0 spiro atoms. The van der Waals surface area contributed by atoms with Gasteiger partial charge in [0.2, 0.25) is 5.91 Å². The molecule has 2 saturated carbocycles. The summed E-state index contributed by atoms with van der Waals surface area (Å²) in [5.41, 5.74) is 4.73. The molecule has 0 aromatic heterocycles. The molecule has 37 heavy (non-hydrogen) atoms. The maximum Gasteiger partial charge on any atom is 0.222 e. The average Bonchev–Trinajstić information content (AvgIpc) is 3.53. The fraction of sp³-hybridized carbons (Fsp3) is 0.818. The number of carbonyl (C=O) groups excluding carboxylic acids is 2. The molecular weight excluding hydrogens is 458 g/mol. The summed E-state index contributed by atoms with van der Waals surface area (Å²) in [6, 6.07) is 0. The van der Waals surface area contributed by atoms with E-state index in [9.17, 15) is 14.7 Å². The topological polar surface area (TPSA) is 57.6 Å². The van der Waals surface area contributed by atoms with Gasteiger partial charge in [0.15, 0.2) is 5.78 Å². The number of amides is 1. The van der Waals surface area contributed by atoms with Crippen LogP contribution in [0.15, 0.2) is 22.8 Å². The van der Waals surface area contributed by atoms with Crippen LogP contribution in [0.3, 0.4) is 0 Å². The van der Waals surface area contributed by atoms with E-state index >= 15 is 0 Å². The zero-order valence-electron chi connectivity index (χ0n) is 23.4. The monoisotopic (exact) mass is 509 g/mol. The SMILES string of the molecule is C[C@]12C[C@H](CCCCCCCCCCC(=O)N3CCCC3)C3=C4CCC(=O)C=C4CC[C@H]3[C@@H]1CC[C@@H]2O. The lowest BCUT2D eigenvalue weighted by Crippen LogP contribution is -2.45. The van der Waals surface area contributed by atoms with Crippen molar-refractivity contribution in [1.29, 1.82) is 0 Å². The maximum absolute atomic E-state index is 12.2. The van der Waals surface area contributed by atoms with E-state index in [1.54, 1.807) is 11.1 Å². The van der Waals surface area contributed by atoms with Gasteiger partial charge in [0.25, 0.3) is 0 Å². The van der Waals surface area contributed by atoms with Gasteiger partial charge in [-0.1, -0.05) is 57.4 Å². The second-order valence-electron chi connectivity index (χ2n) is 13.3. The first-order valence-corrected chi connectivity index (χ1v) is 15.9. The van der Waals surface area contributed by atoms with Crippen molar-refractivity contribution in [2.75, 3.05) is 13.1 Å². The predicted octanol–water partition coefficient (Wildman–Crippen LogP) is 7.30. The van der Waals surface area contributed by atoms with Gasteiger partial charge in [-0.3, -0.25) is 9.59 Å². The standard InChI is InChI=1S/C33H51NO3/c1-33-23-25(12-8-6-4-2-3-5-7-9-13-31(37)34-20-10-11-21-34)32-27-17-15-26(35)22-24(27)14-16-28(32)29(33)18-19-30(33)36/h22,25,28-30,36H,2-21,23H2,1H3/t25-,28-,29-,30-,33-/m0/s1. The first-order chi connectivity index (χ1) is 18.0. The molecule has 1 aliphatic heterocycles. The van der Waals surface area contributed by atoms with Crippen LogP contribution in [0, 0.1) is 23.2 Å². The average molecular weight is 510 g/mol. The molecule has 0 bridgehead atoms. The number of aliphatic hydroxyl groups is 1. The number of allylic oxidation sites excluding steroid dienone is 4. The molecule has 5 rings (SSSR count). The highest BCUT2D eigenvalue weighted by atomic mass is 16.3. The molecule has 1 saturated heterocycles. The summed E-state index contributed by atoms with van der Waals surface area (Å²) < 4.78 is 0. The Morgan fingerprint density at radius 2 is 1.65 bits per heavy atom. The minimum absolute atomic E-state index is 0.0846. The van der Waals surface area contributed by atoms with Gasteiger partial charge in [-0.05, 0) is 105 Å². The third kappa shape index (κ3) is 5.94. The molecule has 0 unspecified atom stereocenters. The van der Waals surface area contributed by atoms with Crippen LogP contribution in [-0.4, -0.2) is 40.9 Å². The molecule has 1 N–H and O–H groups in total. The van der Waals surface area contributed by atoms with Crippen molar-refractivity contribution >= 4 is 11.7 Å². The summed E-state index contributed by atoms with van der Waals surface area (Å²) in [6.45, 7) is 4.35. The molecule has 4 nitrogen and oxygen atoms in total. The van der Waals surface area contributed by atoms with Crippen molar-refractivity contribution in [3.8, 4) is 0 Å². The molecule has 206 valence electrons. The van der Waals surface area contributed by atoms with Gasteiger partial charge in [-0.25, -0.2) is 0 Å². The lowest BCUT2D eigenvalue weighted by atomic mass is 9.53. The fourth-order valence-corrected chi connectivity index (χ4v) is 8.92. The fourth-order valence-electron chi connectivity index (χ4n) is 8.92. The summed E-state index contributed by atoms with van der Waals surface area (Å²) in [5, 5.41) is 11.0. The number of hydrogen-bond acceptors (Lipinski definition) is 3. The highest BCUT2D eigenvalue weighted by Crippen LogP contribution is 2.62. The van der Waals surface area contributed by atoms with Gasteiger partial charge in [-0.2, -0.15) is 0 Å². The first-order valence-electron chi connectivity index (χ1n) is 15.9. The van der Waals surface area contributed by atoms with Gasteiger partial charge in [0, 0.05) is 25.9 Å². The first kappa shape index (κ1) is 27.2. The molecule has 1 heterocycles. The summed E-state index contributed by atoms with van der Waals surface area (Å²) in [7, 11) is 0. The van der Waals surface area contributed by atoms with Crippen molar-refractivity contribution in [1.82, 2.24) is 4.90 Å². The van der Waals surface area contributed by atoms with E-state index in [0.29, 0.717) is 35.9 Å². The number of likely N-dealkylation sites (tertiary alicyclic amines) is 1. The molecule has 0 aromatic rings. The summed E-state index contributed by atoms with van der Waals surface area (Å²) in [6.07, 6.45) is 23.5. The van der Waals surface area contributed by atoms with E-state index < -0.39 is 0 Å². The minimum Gasteiger partial charge on any atom is -0.393 e. The van der Waals surface area contributed by atoms with Crippen LogP contribution in [0.1, 0.15) is 129 Å². The van der Waals surface area contributed by atoms with Crippen molar-refractivity contribution in [2.45, 2.75) is 135 Å². The number of carbonyl (C=O) groups is 2. The summed E-state index contributed by atoms with van der Waals surface area (Å²) in [4.78, 5) is 26.3. The highest BCUT2D eigenvalue weighted by Gasteiger charge is 2.55. The minimum atomic E-state index is -0.137. The van der Waals surface area contributed by atoms with Gasteiger partial charge in [0.05, 0.1) is 6.10 Å². The quantitative estimate of drug-likeness (QED) is 0.297. The Hall–Kier alpha value is -1.42. The number of nitrogens with zero attached hydrogens (tertiary/aromatic N) is 1. The number of unbranched alkanes of at least 4 members (excludes halogenated alkanes) is 7. The Labute approximate surface area is 225 Å². The summed E-state index contributed by atoms with van der Waals surface area (Å²) in [5.74, 6) is 2.57. The molecule has 4 heteroatoms. The smallest absolute Gasteiger partial charge is 0.222 e. The highest BCUT2D eigenvalue weighted by molar-refractivity contribution is 5.93. The van der Waals surface area contributed by atoms with Crippen LogP contribution in [0.5, 0.6) is 0 Å². The number of ketones is 1. The zero-order valence-corrected chi connectivity index (χ0v) is 23.4. The van der Waals surface area contributed by atoms with Crippen LogP contribution in [0.2, 0.25) is 0 Å². The Morgan fingerprint density at radius 3 is 2.41 bits per heavy atom. The van der Waals surface area contributed by atoms with E-state index in [4.69, 9.17) is 0 Å². The van der Waals surface area contributed by atoms with Gasteiger partial charge < -0.3 is 10.0 Å². The molecule has 4 aliphatic carbocycles. The van der Waals surface area contributed by atoms with Crippen LogP contribution < -0.4 is 0 Å².